The molecule has 0 saturated carbocycles. The van der Waals surface area contributed by atoms with Crippen molar-refractivity contribution in [2.24, 2.45) is 0 Å². The highest BCUT2D eigenvalue weighted by Gasteiger charge is 2.17. The Morgan fingerprint density at radius 2 is 1.47 bits per heavy atom. The number of carbonyl (C=O) groups is 1. The molecule has 3 aromatic carbocycles. The van der Waals surface area contributed by atoms with Crippen molar-refractivity contribution in [3.63, 3.8) is 0 Å². The van der Waals surface area contributed by atoms with Gasteiger partial charge < -0.3 is 14.9 Å². The maximum absolute atomic E-state index is 11.7. The topological polar surface area (TPSA) is 129 Å². The quantitative estimate of drug-likeness (QED) is 0.471. The smallest absolute Gasteiger partial charge is 0.337 e. The molecule has 0 unspecified atom stereocenters. The van der Waals surface area contributed by atoms with Crippen LogP contribution in [0.5, 0.6) is 11.5 Å². The summed E-state index contributed by atoms with van der Waals surface area (Å²) >= 11 is 0. The summed E-state index contributed by atoms with van der Waals surface area (Å²) in [6.07, 6.45) is 0. The molecule has 0 bridgehead atoms. The Hall–Kier alpha value is -4.77. The van der Waals surface area contributed by atoms with Gasteiger partial charge in [0.25, 0.3) is 0 Å². The van der Waals surface area contributed by atoms with Crippen LogP contribution in [0.4, 0.5) is 0 Å². The highest BCUT2D eigenvalue weighted by Crippen LogP contribution is 2.32. The molecule has 156 valence electrons. The van der Waals surface area contributed by atoms with Crippen molar-refractivity contribution in [1.29, 1.82) is 5.26 Å². The number of methoxy groups -OCH3 is 1. The standard InChI is InChI=1S/C24H16N4O4/c1-32-24(31)16-9-7-15(8-10-16)21-26-22(17-4-2-3-5-19(17)29)28-23(27-21)18-11-6-14(13-25)12-20(18)30/h2-12,29-30H,1H3. The van der Waals surface area contributed by atoms with E-state index in [4.69, 9.17) is 10.00 Å². The molecule has 0 radical (unpaired) electrons. The van der Waals surface area contributed by atoms with Crippen LogP contribution >= 0.6 is 0 Å². The maximum atomic E-state index is 11.7. The number of rotatable bonds is 4. The van der Waals surface area contributed by atoms with Gasteiger partial charge in [0.15, 0.2) is 17.5 Å². The average molecular weight is 424 g/mol. The number of hydrogen-bond acceptors (Lipinski definition) is 8. The van der Waals surface area contributed by atoms with E-state index in [1.807, 2.05) is 6.07 Å². The molecule has 0 aliphatic carbocycles. The molecule has 8 nitrogen and oxygen atoms in total. The lowest BCUT2D eigenvalue weighted by atomic mass is 10.1. The molecule has 0 fully saturated rings. The summed E-state index contributed by atoms with van der Waals surface area (Å²) in [5.41, 5.74) is 1.94. The molecule has 0 aliphatic heterocycles. The number of phenolic OH excluding ortho intramolecular Hbond substituents is 2. The molecule has 0 spiro atoms. The number of carbonyl (C=O) groups excluding carboxylic acids is 1. The van der Waals surface area contributed by atoms with Crippen molar-refractivity contribution in [2.45, 2.75) is 0 Å². The van der Waals surface area contributed by atoms with Gasteiger partial charge in [-0.1, -0.05) is 24.3 Å². The summed E-state index contributed by atoms with van der Waals surface area (Å²) in [6.45, 7) is 0. The van der Waals surface area contributed by atoms with Gasteiger partial charge in [0, 0.05) is 5.56 Å². The van der Waals surface area contributed by atoms with E-state index in [1.54, 1.807) is 54.6 Å². The van der Waals surface area contributed by atoms with Gasteiger partial charge in [-0.3, -0.25) is 0 Å². The van der Waals surface area contributed by atoms with Crippen LogP contribution in [0.3, 0.4) is 0 Å². The molecular formula is C24H16N4O4. The largest absolute Gasteiger partial charge is 0.507 e. The Balaban J connectivity index is 1.90. The molecule has 4 aromatic rings. The van der Waals surface area contributed by atoms with Crippen molar-refractivity contribution < 1.29 is 19.7 Å². The molecule has 8 heteroatoms. The maximum Gasteiger partial charge on any atom is 0.337 e. The Labute approximate surface area is 183 Å². The number of phenols is 2. The minimum atomic E-state index is -0.467. The lowest BCUT2D eigenvalue weighted by Gasteiger charge is -2.10. The predicted octanol–water partition coefficient (Wildman–Crippen LogP) is 3.94. The lowest BCUT2D eigenvalue weighted by molar-refractivity contribution is 0.0600. The third kappa shape index (κ3) is 3.95. The molecule has 1 heterocycles. The van der Waals surface area contributed by atoms with Crippen molar-refractivity contribution in [1.82, 2.24) is 15.0 Å². The lowest BCUT2D eigenvalue weighted by Crippen LogP contribution is -2.02. The van der Waals surface area contributed by atoms with Crippen LogP contribution in [0.25, 0.3) is 34.2 Å². The molecule has 0 amide bonds. The number of para-hydroxylation sites is 1. The van der Waals surface area contributed by atoms with E-state index in [9.17, 15) is 15.0 Å². The molecule has 0 atom stereocenters. The van der Waals surface area contributed by atoms with E-state index in [-0.39, 0.29) is 29.0 Å². The monoisotopic (exact) mass is 424 g/mol. The number of aromatic hydroxyl groups is 2. The van der Waals surface area contributed by atoms with Gasteiger partial charge in [0.05, 0.1) is 35.4 Å². The number of esters is 1. The van der Waals surface area contributed by atoms with Crippen LogP contribution in [0.1, 0.15) is 15.9 Å². The fraction of sp³-hybridized carbons (Fsp3) is 0.0417. The Bertz CT molecular complexity index is 1360. The van der Waals surface area contributed by atoms with Crippen LogP contribution < -0.4 is 0 Å². The van der Waals surface area contributed by atoms with Crippen LogP contribution in [-0.4, -0.2) is 38.2 Å². The fourth-order valence-corrected chi connectivity index (χ4v) is 3.07. The van der Waals surface area contributed by atoms with E-state index in [1.165, 1.54) is 19.2 Å². The Morgan fingerprint density at radius 1 is 0.844 bits per heavy atom. The van der Waals surface area contributed by atoms with Crippen LogP contribution in [0, 0.1) is 11.3 Å². The first-order valence-corrected chi connectivity index (χ1v) is 9.47. The zero-order chi connectivity index (χ0) is 22.7. The van der Waals surface area contributed by atoms with Gasteiger partial charge in [0.2, 0.25) is 0 Å². The molecule has 4 rings (SSSR count). The molecule has 2 N–H and O–H groups in total. The van der Waals surface area contributed by atoms with Gasteiger partial charge >= 0.3 is 5.97 Å². The number of hydrogen-bond donors (Lipinski definition) is 2. The second kappa shape index (κ2) is 8.53. The van der Waals surface area contributed by atoms with E-state index in [0.29, 0.717) is 27.8 Å². The van der Waals surface area contributed by atoms with Crippen LogP contribution in [0.2, 0.25) is 0 Å². The van der Waals surface area contributed by atoms with Gasteiger partial charge in [-0.25, -0.2) is 19.7 Å². The molecular weight excluding hydrogens is 408 g/mol. The van der Waals surface area contributed by atoms with E-state index in [0.717, 1.165) is 0 Å². The van der Waals surface area contributed by atoms with Gasteiger partial charge in [-0.15, -0.1) is 0 Å². The first kappa shape index (κ1) is 20.5. The molecule has 0 aliphatic rings. The van der Waals surface area contributed by atoms with Crippen molar-refractivity contribution in [3.8, 4) is 51.7 Å². The molecule has 0 saturated heterocycles. The summed E-state index contributed by atoms with van der Waals surface area (Å²) in [5.74, 6) is -0.0129. The summed E-state index contributed by atoms with van der Waals surface area (Å²) in [5, 5.41) is 29.8. The first-order valence-electron chi connectivity index (χ1n) is 9.47. The second-order valence-electron chi connectivity index (χ2n) is 6.74. The van der Waals surface area contributed by atoms with Crippen LogP contribution in [-0.2, 0) is 4.74 Å². The first-order chi connectivity index (χ1) is 15.5. The van der Waals surface area contributed by atoms with Crippen LogP contribution in [0.15, 0.2) is 66.7 Å². The average Bonchev–Trinajstić information content (AvgIpc) is 2.83. The van der Waals surface area contributed by atoms with Crippen molar-refractivity contribution in [2.75, 3.05) is 7.11 Å². The number of aromatic nitrogens is 3. The number of nitrogens with zero attached hydrogens (tertiary/aromatic N) is 4. The predicted molar refractivity (Wildman–Crippen MR) is 116 cm³/mol. The zero-order valence-electron chi connectivity index (χ0n) is 16.9. The highest BCUT2D eigenvalue weighted by atomic mass is 16.5. The molecule has 1 aromatic heterocycles. The summed E-state index contributed by atoms with van der Waals surface area (Å²) in [6, 6.07) is 19.5. The van der Waals surface area contributed by atoms with Gasteiger partial charge in [-0.2, -0.15) is 5.26 Å². The third-order valence-corrected chi connectivity index (χ3v) is 4.71. The van der Waals surface area contributed by atoms with Gasteiger partial charge in [-0.05, 0) is 42.5 Å². The third-order valence-electron chi connectivity index (χ3n) is 4.71. The zero-order valence-corrected chi connectivity index (χ0v) is 16.9. The van der Waals surface area contributed by atoms with Gasteiger partial charge in [0.1, 0.15) is 11.5 Å². The SMILES string of the molecule is COC(=O)c1ccc(-c2nc(-c3ccccc3O)nc(-c3ccc(C#N)cc3O)n2)cc1. The van der Waals surface area contributed by atoms with E-state index >= 15 is 0 Å². The Morgan fingerprint density at radius 3 is 2.06 bits per heavy atom. The summed E-state index contributed by atoms with van der Waals surface area (Å²) < 4.78 is 4.72. The van der Waals surface area contributed by atoms with Crippen molar-refractivity contribution in [3.05, 3.63) is 77.9 Å². The summed E-state index contributed by atoms with van der Waals surface area (Å²) in [4.78, 5) is 25.1. The number of benzene rings is 3. The molecule has 32 heavy (non-hydrogen) atoms. The second-order valence-corrected chi connectivity index (χ2v) is 6.74. The fourth-order valence-electron chi connectivity index (χ4n) is 3.07. The van der Waals surface area contributed by atoms with Crippen molar-refractivity contribution >= 4 is 5.97 Å². The summed E-state index contributed by atoms with van der Waals surface area (Å²) in [7, 11) is 1.30. The van der Waals surface area contributed by atoms with E-state index in [2.05, 4.69) is 15.0 Å². The number of ether oxygens (including phenoxy) is 1. The minimum Gasteiger partial charge on any atom is -0.507 e. The Kier molecular flexibility index (Phi) is 5.47. The number of nitriles is 1. The normalized spacial score (nSPS) is 10.4. The minimum absolute atomic E-state index is 0.0133. The highest BCUT2D eigenvalue weighted by molar-refractivity contribution is 5.89. The van der Waals surface area contributed by atoms with E-state index < -0.39 is 5.97 Å².